The maximum atomic E-state index is 5.93. The average molecular weight is 359 g/mol. The predicted octanol–water partition coefficient (Wildman–Crippen LogP) is 4.78. The van der Waals surface area contributed by atoms with Crippen LogP contribution in [-0.2, 0) is 12.8 Å². The van der Waals surface area contributed by atoms with E-state index >= 15 is 0 Å². The standard InChI is InChI=1S/C15H17BrClNS/c1-18-10-12(9-15-14(16)6-7-19-15)8-11-2-4-13(17)5-3-11/h2-7,12,18H,8-10H2,1H3. The van der Waals surface area contributed by atoms with Gasteiger partial charge in [0.05, 0.1) is 0 Å². The van der Waals surface area contributed by atoms with Crippen LogP contribution in [0.4, 0.5) is 0 Å². The molecular weight excluding hydrogens is 342 g/mol. The summed E-state index contributed by atoms with van der Waals surface area (Å²) in [7, 11) is 2.01. The molecule has 0 radical (unpaired) electrons. The number of thiophene rings is 1. The van der Waals surface area contributed by atoms with Crippen molar-refractivity contribution in [2.75, 3.05) is 13.6 Å². The van der Waals surface area contributed by atoms with Gasteiger partial charge in [-0.3, -0.25) is 0 Å². The van der Waals surface area contributed by atoms with Gasteiger partial charge in [0, 0.05) is 14.4 Å². The van der Waals surface area contributed by atoms with Crippen LogP contribution in [0, 0.1) is 5.92 Å². The van der Waals surface area contributed by atoms with Gasteiger partial charge < -0.3 is 5.32 Å². The van der Waals surface area contributed by atoms with Gasteiger partial charge in [-0.15, -0.1) is 11.3 Å². The quantitative estimate of drug-likeness (QED) is 0.783. The lowest BCUT2D eigenvalue weighted by atomic mass is 9.95. The molecule has 0 saturated heterocycles. The molecule has 0 aliphatic heterocycles. The number of rotatable bonds is 6. The first-order chi connectivity index (χ1) is 9.19. The van der Waals surface area contributed by atoms with Crippen molar-refractivity contribution < 1.29 is 0 Å². The van der Waals surface area contributed by atoms with Crippen molar-refractivity contribution in [3.63, 3.8) is 0 Å². The van der Waals surface area contributed by atoms with Crippen LogP contribution >= 0.6 is 38.9 Å². The Kier molecular flexibility index (Phi) is 5.89. The zero-order chi connectivity index (χ0) is 13.7. The molecule has 0 aliphatic carbocycles. The average Bonchev–Trinajstić information content (AvgIpc) is 2.78. The molecule has 1 aromatic carbocycles. The number of hydrogen-bond acceptors (Lipinski definition) is 2. The van der Waals surface area contributed by atoms with Crippen molar-refractivity contribution in [1.29, 1.82) is 0 Å². The van der Waals surface area contributed by atoms with Gasteiger partial charge in [0.2, 0.25) is 0 Å². The first-order valence-electron chi connectivity index (χ1n) is 6.30. The zero-order valence-corrected chi connectivity index (χ0v) is 14.0. The number of halogens is 2. The van der Waals surface area contributed by atoms with Crippen molar-refractivity contribution in [1.82, 2.24) is 5.32 Å². The second kappa shape index (κ2) is 7.44. The normalized spacial score (nSPS) is 12.6. The molecule has 1 heterocycles. The molecule has 0 fully saturated rings. The van der Waals surface area contributed by atoms with E-state index in [4.69, 9.17) is 11.6 Å². The van der Waals surface area contributed by atoms with Gasteiger partial charge >= 0.3 is 0 Å². The van der Waals surface area contributed by atoms with Gasteiger partial charge in [0.1, 0.15) is 0 Å². The summed E-state index contributed by atoms with van der Waals surface area (Å²) in [6.45, 7) is 1.02. The van der Waals surface area contributed by atoms with Crippen LogP contribution in [0.25, 0.3) is 0 Å². The minimum absolute atomic E-state index is 0.598. The third kappa shape index (κ3) is 4.60. The monoisotopic (exact) mass is 357 g/mol. The number of hydrogen-bond donors (Lipinski definition) is 1. The van der Waals surface area contributed by atoms with Crippen LogP contribution < -0.4 is 5.32 Å². The Labute approximate surface area is 132 Å². The summed E-state index contributed by atoms with van der Waals surface area (Å²) < 4.78 is 1.23. The third-order valence-corrected chi connectivity index (χ3v) is 5.30. The lowest BCUT2D eigenvalue weighted by molar-refractivity contribution is 0.496. The molecule has 2 aromatic rings. The van der Waals surface area contributed by atoms with Gasteiger partial charge in [-0.05, 0) is 77.4 Å². The molecule has 0 saturated carbocycles. The molecule has 0 spiro atoms. The van der Waals surface area contributed by atoms with Crippen LogP contribution in [0.5, 0.6) is 0 Å². The second-order valence-electron chi connectivity index (χ2n) is 4.65. The van der Waals surface area contributed by atoms with E-state index in [0.717, 1.165) is 24.4 Å². The molecule has 1 N–H and O–H groups in total. The van der Waals surface area contributed by atoms with Crippen molar-refractivity contribution in [3.05, 3.63) is 55.6 Å². The summed E-state index contributed by atoms with van der Waals surface area (Å²) in [5.74, 6) is 0.598. The van der Waals surface area contributed by atoms with E-state index in [1.165, 1.54) is 14.9 Å². The SMILES string of the molecule is CNCC(Cc1ccc(Cl)cc1)Cc1sccc1Br. The molecule has 1 nitrogen and oxygen atoms in total. The first kappa shape index (κ1) is 15.0. The maximum absolute atomic E-state index is 5.93. The van der Waals surface area contributed by atoms with E-state index in [9.17, 15) is 0 Å². The molecule has 4 heteroatoms. The highest BCUT2D eigenvalue weighted by Gasteiger charge is 2.13. The summed E-state index contributed by atoms with van der Waals surface area (Å²) in [5.41, 5.74) is 1.34. The van der Waals surface area contributed by atoms with Crippen LogP contribution in [-0.4, -0.2) is 13.6 Å². The molecule has 2 rings (SSSR count). The summed E-state index contributed by atoms with van der Waals surface area (Å²) in [6.07, 6.45) is 2.17. The Bertz CT molecular complexity index is 509. The molecular formula is C15H17BrClNS. The van der Waals surface area contributed by atoms with Crippen LogP contribution in [0.2, 0.25) is 5.02 Å². The summed E-state index contributed by atoms with van der Waals surface area (Å²) >= 11 is 11.4. The van der Waals surface area contributed by atoms with Crippen LogP contribution in [0.3, 0.4) is 0 Å². The second-order valence-corrected chi connectivity index (χ2v) is 6.94. The Morgan fingerprint density at radius 1 is 1.21 bits per heavy atom. The molecule has 1 atom stereocenters. The highest BCUT2D eigenvalue weighted by molar-refractivity contribution is 9.10. The van der Waals surface area contributed by atoms with Crippen molar-refractivity contribution in [2.45, 2.75) is 12.8 Å². The molecule has 1 unspecified atom stereocenters. The fraction of sp³-hybridized carbons (Fsp3) is 0.333. The maximum Gasteiger partial charge on any atom is 0.0406 e. The Morgan fingerprint density at radius 3 is 2.53 bits per heavy atom. The van der Waals surface area contributed by atoms with Gasteiger partial charge in [-0.25, -0.2) is 0 Å². The van der Waals surface area contributed by atoms with E-state index in [0.29, 0.717) is 5.92 Å². The van der Waals surface area contributed by atoms with E-state index in [2.05, 4.69) is 44.8 Å². The summed E-state index contributed by atoms with van der Waals surface area (Å²) in [4.78, 5) is 1.43. The smallest absolute Gasteiger partial charge is 0.0406 e. The highest BCUT2D eigenvalue weighted by Crippen LogP contribution is 2.26. The van der Waals surface area contributed by atoms with Crippen LogP contribution in [0.15, 0.2) is 40.2 Å². The molecule has 1 aromatic heterocycles. The van der Waals surface area contributed by atoms with Gasteiger partial charge in [-0.1, -0.05) is 23.7 Å². The topological polar surface area (TPSA) is 12.0 Å². The number of nitrogens with one attached hydrogen (secondary N) is 1. The van der Waals surface area contributed by atoms with Gasteiger partial charge in [0.25, 0.3) is 0 Å². The fourth-order valence-electron chi connectivity index (χ4n) is 2.19. The van der Waals surface area contributed by atoms with E-state index in [-0.39, 0.29) is 0 Å². The first-order valence-corrected chi connectivity index (χ1v) is 8.35. The summed E-state index contributed by atoms with van der Waals surface area (Å²) in [5, 5.41) is 6.23. The van der Waals surface area contributed by atoms with Gasteiger partial charge in [0.15, 0.2) is 0 Å². The largest absolute Gasteiger partial charge is 0.319 e. The Balaban J connectivity index is 2.03. The zero-order valence-electron chi connectivity index (χ0n) is 10.8. The highest BCUT2D eigenvalue weighted by atomic mass is 79.9. The summed E-state index contributed by atoms with van der Waals surface area (Å²) in [6, 6.07) is 10.3. The minimum atomic E-state index is 0.598. The predicted molar refractivity (Wildman–Crippen MR) is 88.3 cm³/mol. The molecule has 19 heavy (non-hydrogen) atoms. The third-order valence-electron chi connectivity index (χ3n) is 3.10. The van der Waals surface area contributed by atoms with Crippen LogP contribution in [0.1, 0.15) is 10.4 Å². The number of benzene rings is 1. The Morgan fingerprint density at radius 2 is 1.95 bits per heavy atom. The van der Waals surface area contributed by atoms with Crippen molar-refractivity contribution in [3.8, 4) is 0 Å². The molecule has 102 valence electrons. The lowest BCUT2D eigenvalue weighted by Gasteiger charge is -2.16. The molecule has 0 amide bonds. The lowest BCUT2D eigenvalue weighted by Crippen LogP contribution is -2.22. The fourth-order valence-corrected chi connectivity index (χ4v) is 3.95. The van der Waals surface area contributed by atoms with E-state index in [1.54, 1.807) is 0 Å². The van der Waals surface area contributed by atoms with Gasteiger partial charge in [-0.2, -0.15) is 0 Å². The molecule has 0 bridgehead atoms. The Hall–Kier alpha value is -0.350. The van der Waals surface area contributed by atoms with Crippen molar-refractivity contribution in [2.24, 2.45) is 5.92 Å². The minimum Gasteiger partial charge on any atom is -0.319 e. The van der Waals surface area contributed by atoms with E-state index < -0.39 is 0 Å². The van der Waals surface area contributed by atoms with Crippen molar-refractivity contribution >= 4 is 38.9 Å². The molecule has 0 aliphatic rings. The van der Waals surface area contributed by atoms with E-state index in [1.807, 2.05) is 30.5 Å².